The monoisotopic (exact) mass is 529 g/mol. The van der Waals surface area contributed by atoms with Crippen LogP contribution in [0, 0.1) is 6.92 Å². The van der Waals surface area contributed by atoms with E-state index in [9.17, 15) is 4.79 Å². The molecule has 8 nitrogen and oxygen atoms in total. The lowest BCUT2D eigenvalue weighted by Crippen LogP contribution is -2.43. The fourth-order valence-electron chi connectivity index (χ4n) is 2.44. The quantitative estimate of drug-likeness (QED) is 0.220. The van der Waals surface area contributed by atoms with Gasteiger partial charge in [-0.1, -0.05) is 17.7 Å². The molecule has 0 spiro atoms. The van der Waals surface area contributed by atoms with Crippen molar-refractivity contribution < 1.29 is 13.9 Å². The van der Waals surface area contributed by atoms with E-state index < -0.39 is 11.7 Å². The average molecular weight is 529 g/mol. The normalized spacial score (nSPS) is 11.4. The standard InChI is InChI=1S/C21H31N5O3.HI/c1-15-6-8-16(9-7-15)18-26-17(14-28-18)10-11-23-19(22-5)24-12-13-25-20(27)29-21(2,3)4;/h6-9,14H,10-13H2,1-5H3,(H,25,27)(H2,22,23,24);1H. The molecule has 9 heteroatoms. The highest BCUT2D eigenvalue weighted by Gasteiger charge is 2.15. The van der Waals surface area contributed by atoms with E-state index in [1.54, 1.807) is 13.3 Å². The first-order chi connectivity index (χ1) is 13.8. The number of hydrogen-bond acceptors (Lipinski definition) is 5. The average Bonchev–Trinajstić information content (AvgIpc) is 3.11. The maximum atomic E-state index is 11.6. The van der Waals surface area contributed by atoms with Gasteiger partial charge in [-0.25, -0.2) is 9.78 Å². The van der Waals surface area contributed by atoms with Gasteiger partial charge in [-0.15, -0.1) is 24.0 Å². The third-order valence-corrected chi connectivity index (χ3v) is 3.83. The lowest BCUT2D eigenvalue weighted by molar-refractivity contribution is 0.0529. The van der Waals surface area contributed by atoms with E-state index in [1.165, 1.54) is 5.56 Å². The minimum absolute atomic E-state index is 0. The zero-order valence-corrected chi connectivity index (χ0v) is 20.6. The lowest BCUT2D eigenvalue weighted by atomic mass is 10.1. The van der Waals surface area contributed by atoms with Crippen molar-refractivity contribution in [1.82, 2.24) is 20.9 Å². The van der Waals surface area contributed by atoms with Crippen LogP contribution in [-0.4, -0.2) is 49.3 Å². The van der Waals surface area contributed by atoms with Gasteiger partial charge >= 0.3 is 6.09 Å². The summed E-state index contributed by atoms with van der Waals surface area (Å²) in [5.41, 5.74) is 2.53. The number of amides is 1. The molecule has 2 rings (SSSR count). The highest BCUT2D eigenvalue weighted by molar-refractivity contribution is 14.0. The number of rotatable bonds is 7. The van der Waals surface area contributed by atoms with Crippen molar-refractivity contribution in [2.75, 3.05) is 26.7 Å². The number of aliphatic imine (C=N–C) groups is 1. The summed E-state index contributed by atoms with van der Waals surface area (Å²) in [4.78, 5) is 20.3. The molecule has 0 unspecified atom stereocenters. The number of hydrogen-bond donors (Lipinski definition) is 3. The fourth-order valence-corrected chi connectivity index (χ4v) is 2.44. The van der Waals surface area contributed by atoms with Crippen LogP contribution in [0.2, 0.25) is 0 Å². The summed E-state index contributed by atoms with van der Waals surface area (Å²) in [6, 6.07) is 8.07. The molecule has 0 aliphatic rings. The molecule has 1 aromatic carbocycles. The zero-order valence-electron chi connectivity index (χ0n) is 18.2. The molecule has 0 saturated heterocycles. The van der Waals surface area contributed by atoms with Crippen molar-refractivity contribution in [3.05, 3.63) is 41.8 Å². The van der Waals surface area contributed by atoms with E-state index in [0.717, 1.165) is 11.3 Å². The van der Waals surface area contributed by atoms with Gasteiger partial charge in [0.25, 0.3) is 0 Å². The smallest absolute Gasteiger partial charge is 0.407 e. The van der Waals surface area contributed by atoms with Crippen LogP contribution in [0.15, 0.2) is 39.9 Å². The Bertz CT molecular complexity index is 813. The Labute approximate surface area is 195 Å². The summed E-state index contributed by atoms with van der Waals surface area (Å²) in [5, 5.41) is 9.04. The number of carbonyl (C=O) groups is 1. The van der Waals surface area contributed by atoms with Crippen molar-refractivity contribution in [2.24, 2.45) is 4.99 Å². The first-order valence-electron chi connectivity index (χ1n) is 9.69. The van der Waals surface area contributed by atoms with Gasteiger partial charge < -0.3 is 25.1 Å². The first-order valence-corrected chi connectivity index (χ1v) is 9.69. The molecular formula is C21H32IN5O3. The van der Waals surface area contributed by atoms with Crippen LogP contribution in [0.3, 0.4) is 0 Å². The predicted molar refractivity (Wildman–Crippen MR) is 129 cm³/mol. The van der Waals surface area contributed by atoms with E-state index in [2.05, 4.69) is 25.9 Å². The number of nitrogens with one attached hydrogen (secondary N) is 3. The van der Waals surface area contributed by atoms with E-state index >= 15 is 0 Å². The van der Waals surface area contributed by atoms with E-state index in [1.807, 2.05) is 52.0 Å². The molecule has 0 radical (unpaired) electrons. The van der Waals surface area contributed by atoms with E-state index in [-0.39, 0.29) is 24.0 Å². The summed E-state index contributed by atoms with van der Waals surface area (Å²) in [7, 11) is 1.70. The molecule has 0 aliphatic carbocycles. The number of aryl methyl sites for hydroxylation is 1. The van der Waals surface area contributed by atoms with Crippen LogP contribution in [0.25, 0.3) is 11.5 Å². The second kappa shape index (κ2) is 12.4. The number of aromatic nitrogens is 1. The third-order valence-electron chi connectivity index (χ3n) is 3.83. The van der Waals surface area contributed by atoms with Crippen molar-refractivity contribution >= 4 is 36.0 Å². The van der Waals surface area contributed by atoms with Gasteiger partial charge in [0.05, 0.1) is 5.69 Å². The summed E-state index contributed by atoms with van der Waals surface area (Å²) in [5.74, 6) is 1.27. The van der Waals surface area contributed by atoms with Gasteiger partial charge in [-0.3, -0.25) is 4.99 Å². The van der Waals surface area contributed by atoms with Gasteiger partial charge in [0.1, 0.15) is 11.9 Å². The molecule has 0 saturated carbocycles. The maximum absolute atomic E-state index is 11.6. The number of halogens is 1. The summed E-state index contributed by atoms with van der Waals surface area (Å²) < 4.78 is 10.8. The van der Waals surface area contributed by atoms with Gasteiger partial charge in [0, 0.05) is 38.7 Å². The molecule has 2 aromatic rings. The van der Waals surface area contributed by atoms with Crippen LogP contribution < -0.4 is 16.0 Å². The Morgan fingerprint density at radius 3 is 2.37 bits per heavy atom. The van der Waals surface area contributed by atoms with Crippen LogP contribution in [0.1, 0.15) is 32.0 Å². The molecule has 1 aromatic heterocycles. The topological polar surface area (TPSA) is 101 Å². The number of guanidine groups is 1. The second-order valence-corrected chi connectivity index (χ2v) is 7.61. The van der Waals surface area contributed by atoms with Gasteiger partial charge in [0.15, 0.2) is 5.96 Å². The van der Waals surface area contributed by atoms with Gasteiger partial charge in [-0.2, -0.15) is 0 Å². The molecular weight excluding hydrogens is 497 g/mol. The second-order valence-electron chi connectivity index (χ2n) is 7.61. The Hall–Kier alpha value is -2.30. The SMILES string of the molecule is CN=C(NCCNC(=O)OC(C)(C)C)NCCc1coc(-c2ccc(C)cc2)n1.I. The van der Waals surface area contributed by atoms with Crippen molar-refractivity contribution in [3.8, 4) is 11.5 Å². The molecule has 0 fully saturated rings. The summed E-state index contributed by atoms with van der Waals surface area (Å²) in [6.07, 6.45) is 1.95. The maximum Gasteiger partial charge on any atom is 0.407 e. The Balaban J connectivity index is 0.00000450. The number of alkyl carbamates (subject to hydrolysis) is 1. The number of benzene rings is 1. The number of carbonyl (C=O) groups excluding carboxylic acids is 1. The minimum atomic E-state index is -0.504. The molecule has 0 aliphatic heterocycles. The Kier molecular flexibility index (Phi) is 10.6. The Morgan fingerprint density at radius 2 is 1.73 bits per heavy atom. The van der Waals surface area contributed by atoms with Crippen LogP contribution >= 0.6 is 24.0 Å². The molecule has 0 bridgehead atoms. The van der Waals surface area contributed by atoms with Crippen molar-refractivity contribution in [3.63, 3.8) is 0 Å². The number of nitrogens with zero attached hydrogens (tertiary/aromatic N) is 2. The summed E-state index contributed by atoms with van der Waals surface area (Å²) >= 11 is 0. The van der Waals surface area contributed by atoms with E-state index in [4.69, 9.17) is 9.15 Å². The fraction of sp³-hybridized carbons (Fsp3) is 0.476. The van der Waals surface area contributed by atoms with Crippen molar-refractivity contribution in [2.45, 2.75) is 39.7 Å². The molecule has 1 heterocycles. The first kappa shape index (κ1) is 25.7. The van der Waals surface area contributed by atoms with Crippen LogP contribution in [0.4, 0.5) is 4.79 Å². The number of ether oxygens (including phenoxy) is 1. The zero-order chi connectivity index (χ0) is 21.3. The minimum Gasteiger partial charge on any atom is -0.444 e. The molecule has 1 amide bonds. The highest BCUT2D eigenvalue weighted by Crippen LogP contribution is 2.19. The van der Waals surface area contributed by atoms with Gasteiger partial charge in [0.2, 0.25) is 5.89 Å². The van der Waals surface area contributed by atoms with E-state index in [0.29, 0.717) is 37.9 Å². The van der Waals surface area contributed by atoms with Crippen LogP contribution in [0.5, 0.6) is 0 Å². The number of oxazole rings is 1. The Morgan fingerprint density at radius 1 is 1.10 bits per heavy atom. The summed E-state index contributed by atoms with van der Waals surface area (Å²) in [6.45, 7) is 9.14. The molecule has 0 atom stereocenters. The predicted octanol–water partition coefficient (Wildman–Crippen LogP) is 3.50. The third kappa shape index (κ3) is 9.47. The van der Waals surface area contributed by atoms with Crippen LogP contribution in [-0.2, 0) is 11.2 Å². The highest BCUT2D eigenvalue weighted by atomic mass is 127. The molecule has 30 heavy (non-hydrogen) atoms. The van der Waals surface area contributed by atoms with Crippen molar-refractivity contribution in [1.29, 1.82) is 0 Å². The molecule has 166 valence electrons. The molecule has 3 N–H and O–H groups in total. The van der Waals surface area contributed by atoms with Gasteiger partial charge in [-0.05, 0) is 39.8 Å². The largest absolute Gasteiger partial charge is 0.444 e. The lowest BCUT2D eigenvalue weighted by Gasteiger charge is -2.19.